The molecule has 0 aromatic heterocycles. The van der Waals surface area contributed by atoms with Gasteiger partial charge >= 0.3 is 0 Å². The molecule has 0 saturated carbocycles. The number of nitrogens with zero attached hydrogens (tertiary/aromatic N) is 2. The first kappa shape index (κ1) is 17.6. The predicted octanol–water partition coefficient (Wildman–Crippen LogP) is 1.50. The van der Waals surface area contributed by atoms with E-state index < -0.39 is 5.82 Å². The number of benzene rings is 1. The molecular weight excluding hydrogens is 333 g/mol. The van der Waals surface area contributed by atoms with Gasteiger partial charge in [0.2, 0.25) is 5.91 Å². The van der Waals surface area contributed by atoms with Crippen LogP contribution in [-0.4, -0.2) is 67.7 Å². The van der Waals surface area contributed by atoms with E-state index in [0.717, 1.165) is 45.0 Å². The summed E-state index contributed by atoms with van der Waals surface area (Å²) in [6.07, 6.45) is 0.499. The van der Waals surface area contributed by atoms with Crippen LogP contribution in [0.25, 0.3) is 0 Å². The van der Waals surface area contributed by atoms with Gasteiger partial charge in [-0.15, -0.1) is 0 Å². The summed E-state index contributed by atoms with van der Waals surface area (Å²) in [6, 6.07) is 4.90. The SMILES string of the molecule is O=C1CC(NCc2ccc(Cl)c(F)c2)CN1CCN1CCOCC1. The third kappa shape index (κ3) is 4.66. The number of hydrogen-bond donors (Lipinski definition) is 1. The second kappa shape index (κ2) is 8.25. The Kier molecular flexibility index (Phi) is 6.05. The van der Waals surface area contributed by atoms with Gasteiger partial charge in [0, 0.05) is 51.7 Å². The maximum absolute atomic E-state index is 13.4. The van der Waals surface area contributed by atoms with E-state index >= 15 is 0 Å². The molecule has 2 saturated heterocycles. The standard InChI is InChI=1S/C17H23ClFN3O2/c18-15-2-1-13(9-16(15)19)11-20-14-10-17(23)22(12-14)4-3-21-5-7-24-8-6-21/h1-2,9,14,20H,3-8,10-12H2. The Morgan fingerprint density at radius 1 is 1.29 bits per heavy atom. The minimum absolute atomic E-state index is 0.112. The lowest BCUT2D eigenvalue weighted by Crippen LogP contribution is -2.42. The highest BCUT2D eigenvalue weighted by molar-refractivity contribution is 6.30. The van der Waals surface area contributed by atoms with Crippen LogP contribution in [0.2, 0.25) is 5.02 Å². The minimum atomic E-state index is -0.411. The van der Waals surface area contributed by atoms with Crippen LogP contribution in [0.1, 0.15) is 12.0 Å². The molecule has 1 unspecified atom stereocenters. The fourth-order valence-corrected chi connectivity index (χ4v) is 3.24. The summed E-state index contributed by atoms with van der Waals surface area (Å²) in [5.74, 6) is -0.228. The van der Waals surface area contributed by atoms with E-state index in [-0.39, 0.29) is 17.0 Å². The molecule has 5 nitrogen and oxygen atoms in total. The third-order valence-electron chi connectivity index (χ3n) is 4.58. The maximum atomic E-state index is 13.4. The molecule has 1 aromatic carbocycles. The molecule has 1 amide bonds. The summed E-state index contributed by atoms with van der Waals surface area (Å²) >= 11 is 5.69. The molecule has 1 atom stereocenters. The fraction of sp³-hybridized carbons (Fsp3) is 0.588. The van der Waals surface area contributed by atoms with Crippen LogP contribution < -0.4 is 5.32 Å². The Balaban J connectivity index is 1.43. The fourth-order valence-electron chi connectivity index (χ4n) is 3.12. The zero-order valence-electron chi connectivity index (χ0n) is 13.6. The van der Waals surface area contributed by atoms with Crippen LogP contribution in [0.3, 0.4) is 0 Å². The van der Waals surface area contributed by atoms with Crippen LogP contribution >= 0.6 is 11.6 Å². The number of rotatable bonds is 6. The number of amides is 1. The van der Waals surface area contributed by atoms with Crippen molar-refractivity contribution >= 4 is 17.5 Å². The lowest BCUT2D eigenvalue weighted by Gasteiger charge is -2.28. The van der Waals surface area contributed by atoms with Crippen molar-refractivity contribution in [3.8, 4) is 0 Å². The summed E-state index contributed by atoms with van der Waals surface area (Å²) < 4.78 is 18.8. The number of morpholine rings is 1. The molecule has 0 spiro atoms. The van der Waals surface area contributed by atoms with Gasteiger partial charge in [-0.3, -0.25) is 9.69 Å². The first-order valence-corrected chi connectivity index (χ1v) is 8.75. The van der Waals surface area contributed by atoms with Crippen LogP contribution in [-0.2, 0) is 16.1 Å². The lowest BCUT2D eigenvalue weighted by atomic mass is 10.2. The van der Waals surface area contributed by atoms with Crippen molar-refractivity contribution in [3.63, 3.8) is 0 Å². The molecule has 2 fully saturated rings. The highest BCUT2D eigenvalue weighted by Crippen LogP contribution is 2.16. The van der Waals surface area contributed by atoms with Gasteiger partial charge in [-0.1, -0.05) is 17.7 Å². The van der Waals surface area contributed by atoms with Crippen LogP contribution in [0.15, 0.2) is 18.2 Å². The topological polar surface area (TPSA) is 44.8 Å². The van der Waals surface area contributed by atoms with E-state index in [4.69, 9.17) is 16.3 Å². The summed E-state index contributed by atoms with van der Waals surface area (Å²) in [7, 11) is 0. The Bertz CT molecular complexity index is 581. The van der Waals surface area contributed by atoms with Crippen LogP contribution in [0.4, 0.5) is 4.39 Å². The van der Waals surface area contributed by atoms with Crippen molar-refractivity contribution in [3.05, 3.63) is 34.6 Å². The van der Waals surface area contributed by atoms with E-state index in [0.29, 0.717) is 19.5 Å². The molecule has 7 heteroatoms. The van der Waals surface area contributed by atoms with Gasteiger partial charge < -0.3 is 15.0 Å². The van der Waals surface area contributed by atoms with E-state index in [1.165, 1.54) is 6.07 Å². The molecule has 2 aliphatic rings. The van der Waals surface area contributed by atoms with E-state index in [2.05, 4.69) is 10.2 Å². The van der Waals surface area contributed by atoms with E-state index in [1.807, 2.05) is 4.90 Å². The Morgan fingerprint density at radius 3 is 2.83 bits per heavy atom. The smallest absolute Gasteiger partial charge is 0.224 e. The Labute approximate surface area is 146 Å². The predicted molar refractivity (Wildman–Crippen MR) is 90.5 cm³/mol. The molecule has 3 rings (SSSR count). The number of nitrogens with one attached hydrogen (secondary N) is 1. The van der Waals surface area contributed by atoms with Gasteiger partial charge in [0.05, 0.1) is 18.2 Å². The number of hydrogen-bond acceptors (Lipinski definition) is 4. The molecule has 24 heavy (non-hydrogen) atoms. The average Bonchev–Trinajstić information content (AvgIpc) is 2.95. The normalized spacial score (nSPS) is 22.3. The van der Waals surface area contributed by atoms with Gasteiger partial charge in [0.15, 0.2) is 0 Å². The second-order valence-corrected chi connectivity index (χ2v) is 6.73. The number of carbonyl (C=O) groups is 1. The average molecular weight is 356 g/mol. The Hall–Kier alpha value is -1.21. The van der Waals surface area contributed by atoms with Gasteiger partial charge in [-0.2, -0.15) is 0 Å². The number of carbonyl (C=O) groups excluding carboxylic acids is 1. The summed E-state index contributed by atoms with van der Waals surface area (Å²) in [6.45, 7) is 6.31. The van der Waals surface area contributed by atoms with Crippen molar-refractivity contribution in [2.45, 2.75) is 19.0 Å². The van der Waals surface area contributed by atoms with Gasteiger partial charge in [-0.05, 0) is 17.7 Å². The summed E-state index contributed by atoms with van der Waals surface area (Å²) in [5.41, 5.74) is 0.830. The zero-order valence-corrected chi connectivity index (χ0v) is 14.4. The van der Waals surface area contributed by atoms with Crippen LogP contribution in [0, 0.1) is 5.82 Å². The van der Waals surface area contributed by atoms with Crippen molar-refractivity contribution in [2.75, 3.05) is 45.9 Å². The van der Waals surface area contributed by atoms with Crippen molar-refractivity contribution < 1.29 is 13.9 Å². The van der Waals surface area contributed by atoms with Gasteiger partial charge in [0.25, 0.3) is 0 Å². The highest BCUT2D eigenvalue weighted by Gasteiger charge is 2.29. The molecule has 0 radical (unpaired) electrons. The highest BCUT2D eigenvalue weighted by atomic mass is 35.5. The molecule has 1 aromatic rings. The zero-order chi connectivity index (χ0) is 16.9. The maximum Gasteiger partial charge on any atom is 0.224 e. The van der Waals surface area contributed by atoms with Crippen molar-refractivity contribution in [1.82, 2.24) is 15.1 Å². The Morgan fingerprint density at radius 2 is 2.08 bits per heavy atom. The minimum Gasteiger partial charge on any atom is -0.379 e. The van der Waals surface area contributed by atoms with Gasteiger partial charge in [-0.25, -0.2) is 4.39 Å². The monoisotopic (exact) mass is 355 g/mol. The molecule has 1 N–H and O–H groups in total. The summed E-state index contributed by atoms with van der Waals surface area (Å²) in [4.78, 5) is 16.4. The second-order valence-electron chi connectivity index (χ2n) is 6.32. The molecule has 0 bridgehead atoms. The lowest BCUT2D eigenvalue weighted by molar-refractivity contribution is -0.128. The number of ether oxygens (including phenoxy) is 1. The van der Waals surface area contributed by atoms with Crippen LogP contribution in [0.5, 0.6) is 0 Å². The molecule has 2 aliphatic heterocycles. The largest absolute Gasteiger partial charge is 0.379 e. The number of likely N-dealkylation sites (tertiary alicyclic amines) is 1. The van der Waals surface area contributed by atoms with E-state index in [1.54, 1.807) is 12.1 Å². The first-order chi connectivity index (χ1) is 11.6. The molecule has 0 aliphatic carbocycles. The van der Waals surface area contributed by atoms with Crippen molar-refractivity contribution in [1.29, 1.82) is 0 Å². The molecule has 2 heterocycles. The first-order valence-electron chi connectivity index (χ1n) is 8.37. The summed E-state index contributed by atoms with van der Waals surface area (Å²) in [5, 5.41) is 3.47. The van der Waals surface area contributed by atoms with Gasteiger partial charge in [0.1, 0.15) is 5.82 Å². The molecule has 132 valence electrons. The van der Waals surface area contributed by atoms with Crippen molar-refractivity contribution in [2.24, 2.45) is 0 Å². The third-order valence-corrected chi connectivity index (χ3v) is 4.89. The molecular formula is C17H23ClFN3O2. The number of halogens is 2. The van der Waals surface area contributed by atoms with E-state index in [9.17, 15) is 9.18 Å². The quantitative estimate of drug-likeness (QED) is 0.840.